The van der Waals surface area contributed by atoms with Crippen LogP contribution in [0.2, 0.25) is 5.28 Å². The number of aromatic amines is 1. The highest BCUT2D eigenvalue weighted by atomic mass is 35.5. The first-order valence-electron chi connectivity index (χ1n) is 5.45. The molecule has 3 rings (SSSR count). The van der Waals surface area contributed by atoms with Crippen molar-refractivity contribution in [1.29, 1.82) is 0 Å². The third-order valence-electron chi connectivity index (χ3n) is 2.50. The van der Waals surface area contributed by atoms with Gasteiger partial charge in [0.05, 0.1) is 13.4 Å². The van der Waals surface area contributed by atoms with Gasteiger partial charge in [-0.15, -0.1) is 0 Å². The number of benzene rings is 1. The number of halogens is 1. The fourth-order valence-electron chi connectivity index (χ4n) is 1.61. The molecule has 0 saturated carbocycles. The van der Waals surface area contributed by atoms with Crippen LogP contribution in [0.25, 0.3) is 11.2 Å². The molecular formula is C12H9ClN4O2. The standard InChI is InChI=1S/C12H9ClN4O2/c1-18-7-2-4-8(5-3-7)19-11-9-10(15-6-14-9)16-12(13)17-11/h2-6H,1H3,(H,14,15,16,17). The van der Waals surface area contributed by atoms with Crippen molar-refractivity contribution in [3.8, 4) is 17.4 Å². The highest BCUT2D eigenvalue weighted by Crippen LogP contribution is 2.27. The van der Waals surface area contributed by atoms with Gasteiger partial charge in [-0.2, -0.15) is 9.97 Å². The summed E-state index contributed by atoms with van der Waals surface area (Å²) in [6.45, 7) is 0. The maximum absolute atomic E-state index is 5.82. The number of ether oxygens (including phenoxy) is 2. The predicted octanol–water partition coefficient (Wildman–Crippen LogP) is 2.81. The molecule has 3 aromatic rings. The fraction of sp³-hybridized carbons (Fsp3) is 0.0833. The van der Waals surface area contributed by atoms with Crippen molar-refractivity contribution >= 4 is 22.8 Å². The Morgan fingerprint density at radius 2 is 1.84 bits per heavy atom. The zero-order valence-corrected chi connectivity index (χ0v) is 10.7. The highest BCUT2D eigenvalue weighted by Gasteiger charge is 2.11. The average molecular weight is 277 g/mol. The van der Waals surface area contributed by atoms with Crippen LogP contribution in [0, 0.1) is 0 Å². The second-order valence-electron chi connectivity index (χ2n) is 3.68. The Morgan fingerprint density at radius 3 is 2.58 bits per heavy atom. The lowest BCUT2D eigenvalue weighted by Crippen LogP contribution is -1.93. The average Bonchev–Trinajstić information content (AvgIpc) is 2.88. The number of imidazole rings is 1. The van der Waals surface area contributed by atoms with Gasteiger partial charge >= 0.3 is 0 Å². The number of hydrogen-bond acceptors (Lipinski definition) is 5. The van der Waals surface area contributed by atoms with E-state index < -0.39 is 0 Å². The summed E-state index contributed by atoms with van der Waals surface area (Å²) in [5.74, 6) is 1.70. The van der Waals surface area contributed by atoms with Gasteiger partial charge in [0, 0.05) is 0 Å². The maximum Gasteiger partial charge on any atom is 0.250 e. The molecule has 0 aliphatic heterocycles. The molecule has 2 heterocycles. The van der Waals surface area contributed by atoms with E-state index in [1.54, 1.807) is 31.4 Å². The lowest BCUT2D eigenvalue weighted by molar-refractivity contribution is 0.412. The molecule has 0 bridgehead atoms. The number of fused-ring (bicyclic) bond motifs is 1. The van der Waals surface area contributed by atoms with E-state index >= 15 is 0 Å². The van der Waals surface area contributed by atoms with Gasteiger partial charge in [-0.1, -0.05) is 0 Å². The summed E-state index contributed by atoms with van der Waals surface area (Å²) >= 11 is 5.82. The normalized spacial score (nSPS) is 10.6. The summed E-state index contributed by atoms with van der Waals surface area (Å²) in [5.41, 5.74) is 1.06. The molecule has 0 unspecified atom stereocenters. The summed E-state index contributed by atoms with van der Waals surface area (Å²) in [4.78, 5) is 15.0. The molecule has 0 aliphatic rings. The summed E-state index contributed by atoms with van der Waals surface area (Å²) in [7, 11) is 1.61. The van der Waals surface area contributed by atoms with Gasteiger partial charge in [-0.3, -0.25) is 0 Å². The lowest BCUT2D eigenvalue weighted by atomic mass is 10.3. The Morgan fingerprint density at radius 1 is 1.11 bits per heavy atom. The number of H-pyrrole nitrogens is 1. The van der Waals surface area contributed by atoms with E-state index in [0.29, 0.717) is 22.8 Å². The van der Waals surface area contributed by atoms with Gasteiger partial charge in [0.1, 0.15) is 17.0 Å². The van der Waals surface area contributed by atoms with Crippen LogP contribution < -0.4 is 9.47 Å². The zero-order chi connectivity index (χ0) is 13.2. The third kappa shape index (κ3) is 2.30. The van der Waals surface area contributed by atoms with Crippen LogP contribution in [0.15, 0.2) is 30.6 Å². The number of methoxy groups -OCH3 is 1. The first-order valence-corrected chi connectivity index (χ1v) is 5.82. The topological polar surface area (TPSA) is 72.9 Å². The van der Waals surface area contributed by atoms with Crippen molar-refractivity contribution in [1.82, 2.24) is 19.9 Å². The van der Waals surface area contributed by atoms with Crippen molar-refractivity contribution in [2.24, 2.45) is 0 Å². The largest absolute Gasteiger partial charge is 0.497 e. The van der Waals surface area contributed by atoms with Gasteiger partial charge in [0.15, 0.2) is 5.65 Å². The second kappa shape index (κ2) is 4.74. The van der Waals surface area contributed by atoms with Gasteiger partial charge < -0.3 is 14.5 Å². The summed E-state index contributed by atoms with van der Waals surface area (Å²) in [6, 6.07) is 7.14. The number of aromatic nitrogens is 4. The van der Waals surface area contributed by atoms with E-state index in [1.807, 2.05) is 0 Å². The number of nitrogens with zero attached hydrogens (tertiary/aromatic N) is 3. The van der Waals surface area contributed by atoms with Crippen molar-refractivity contribution < 1.29 is 9.47 Å². The van der Waals surface area contributed by atoms with Crippen molar-refractivity contribution in [2.75, 3.05) is 7.11 Å². The van der Waals surface area contributed by atoms with Crippen molar-refractivity contribution in [2.45, 2.75) is 0 Å². The molecule has 0 atom stereocenters. The van der Waals surface area contributed by atoms with E-state index in [9.17, 15) is 0 Å². The molecule has 1 N–H and O–H groups in total. The fourth-order valence-corrected chi connectivity index (χ4v) is 1.77. The molecule has 6 nitrogen and oxygen atoms in total. The van der Waals surface area contributed by atoms with Crippen LogP contribution in [0.1, 0.15) is 0 Å². The molecule has 0 amide bonds. The smallest absolute Gasteiger partial charge is 0.250 e. The first-order chi connectivity index (χ1) is 9.26. The Labute approximate surface area is 113 Å². The first kappa shape index (κ1) is 11.7. The molecule has 96 valence electrons. The highest BCUT2D eigenvalue weighted by molar-refractivity contribution is 6.28. The number of hydrogen-bond donors (Lipinski definition) is 1. The van der Waals surface area contributed by atoms with Gasteiger partial charge in [0.2, 0.25) is 11.2 Å². The molecule has 2 aromatic heterocycles. The van der Waals surface area contributed by atoms with Gasteiger partial charge in [-0.05, 0) is 35.9 Å². The lowest BCUT2D eigenvalue weighted by Gasteiger charge is -2.06. The van der Waals surface area contributed by atoms with Crippen LogP contribution in [0.3, 0.4) is 0 Å². The molecule has 0 spiro atoms. The molecule has 0 radical (unpaired) electrons. The zero-order valence-electron chi connectivity index (χ0n) is 9.92. The molecule has 0 saturated heterocycles. The summed E-state index contributed by atoms with van der Waals surface area (Å²) in [5, 5.41) is 0.0862. The Balaban J connectivity index is 1.97. The molecule has 1 aromatic carbocycles. The van der Waals surface area contributed by atoms with Gasteiger partial charge in [0.25, 0.3) is 0 Å². The molecule has 0 fully saturated rings. The van der Waals surface area contributed by atoms with E-state index in [1.165, 1.54) is 6.33 Å². The second-order valence-corrected chi connectivity index (χ2v) is 4.01. The molecule has 0 aliphatic carbocycles. The van der Waals surface area contributed by atoms with Crippen LogP contribution in [-0.2, 0) is 0 Å². The van der Waals surface area contributed by atoms with Crippen LogP contribution in [-0.4, -0.2) is 27.0 Å². The number of rotatable bonds is 3. The third-order valence-corrected chi connectivity index (χ3v) is 2.67. The van der Waals surface area contributed by atoms with E-state index in [0.717, 1.165) is 5.75 Å². The Hall–Kier alpha value is -2.34. The monoisotopic (exact) mass is 276 g/mol. The molecule has 7 heteroatoms. The quantitative estimate of drug-likeness (QED) is 0.745. The van der Waals surface area contributed by atoms with Gasteiger partial charge in [-0.25, -0.2) is 4.98 Å². The van der Waals surface area contributed by atoms with E-state index in [-0.39, 0.29) is 5.28 Å². The molecule has 19 heavy (non-hydrogen) atoms. The summed E-state index contributed by atoms with van der Waals surface area (Å²) < 4.78 is 10.7. The SMILES string of the molecule is COc1ccc(Oc2nc(Cl)nc3nc[nH]c23)cc1. The minimum atomic E-state index is 0.0862. The van der Waals surface area contributed by atoms with Crippen molar-refractivity contribution in [3.05, 3.63) is 35.9 Å². The Kier molecular flexibility index (Phi) is 2.92. The minimum Gasteiger partial charge on any atom is -0.497 e. The van der Waals surface area contributed by atoms with Crippen LogP contribution in [0.5, 0.6) is 17.4 Å². The minimum absolute atomic E-state index is 0.0862. The van der Waals surface area contributed by atoms with E-state index in [2.05, 4.69) is 19.9 Å². The Bertz CT molecular complexity index is 711. The maximum atomic E-state index is 5.82. The number of nitrogens with one attached hydrogen (secondary N) is 1. The van der Waals surface area contributed by atoms with Crippen molar-refractivity contribution in [3.63, 3.8) is 0 Å². The van der Waals surface area contributed by atoms with Crippen LogP contribution >= 0.6 is 11.6 Å². The van der Waals surface area contributed by atoms with E-state index in [4.69, 9.17) is 21.1 Å². The molecular weight excluding hydrogens is 268 g/mol. The van der Waals surface area contributed by atoms with Crippen LogP contribution in [0.4, 0.5) is 0 Å². The predicted molar refractivity (Wildman–Crippen MR) is 69.8 cm³/mol. The summed E-state index contributed by atoms with van der Waals surface area (Å²) in [6.07, 6.45) is 1.51.